The highest BCUT2D eigenvalue weighted by atomic mass is 16.4. The standard InChI is InChI=1S/C8H12O5/c1-5(10)4-7(11)6(2-3-9)8(12)13/h6,9H,2-4H2,1H3,(H,12,13). The van der Waals surface area contributed by atoms with E-state index in [1.54, 1.807) is 0 Å². The number of Topliss-reactive ketones (excluding diaryl/α,β-unsaturated/α-hetero) is 2. The van der Waals surface area contributed by atoms with Crippen LogP contribution in [0.2, 0.25) is 0 Å². The monoisotopic (exact) mass is 188 g/mol. The van der Waals surface area contributed by atoms with Gasteiger partial charge in [-0.3, -0.25) is 14.4 Å². The highest BCUT2D eigenvalue weighted by Crippen LogP contribution is 2.07. The zero-order valence-electron chi connectivity index (χ0n) is 7.32. The maximum atomic E-state index is 11.1. The number of carboxylic acids is 1. The number of carbonyl (C=O) groups excluding carboxylic acids is 2. The van der Waals surface area contributed by atoms with Crippen molar-refractivity contribution in [3.8, 4) is 0 Å². The fourth-order valence-corrected chi connectivity index (χ4v) is 0.920. The van der Waals surface area contributed by atoms with E-state index in [1.165, 1.54) is 6.92 Å². The summed E-state index contributed by atoms with van der Waals surface area (Å²) in [5, 5.41) is 17.0. The van der Waals surface area contributed by atoms with Crippen LogP contribution in [-0.2, 0) is 14.4 Å². The van der Waals surface area contributed by atoms with Gasteiger partial charge in [-0.05, 0) is 13.3 Å². The lowest BCUT2D eigenvalue weighted by atomic mass is 9.97. The van der Waals surface area contributed by atoms with Crippen molar-refractivity contribution < 1.29 is 24.6 Å². The molecule has 2 N–H and O–H groups in total. The molecule has 13 heavy (non-hydrogen) atoms. The van der Waals surface area contributed by atoms with Crippen molar-refractivity contribution >= 4 is 17.5 Å². The zero-order valence-corrected chi connectivity index (χ0v) is 7.32. The molecule has 0 amide bonds. The number of hydrogen-bond acceptors (Lipinski definition) is 4. The van der Waals surface area contributed by atoms with E-state index >= 15 is 0 Å². The summed E-state index contributed by atoms with van der Waals surface area (Å²) in [6.45, 7) is 0.844. The van der Waals surface area contributed by atoms with E-state index < -0.39 is 17.7 Å². The molecule has 0 saturated heterocycles. The van der Waals surface area contributed by atoms with Crippen molar-refractivity contribution in [2.75, 3.05) is 6.61 Å². The summed E-state index contributed by atoms with van der Waals surface area (Å²) in [7, 11) is 0. The van der Waals surface area contributed by atoms with Crippen LogP contribution in [0.1, 0.15) is 19.8 Å². The third-order valence-electron chi connectivity index (χ3n) is 1.53. The lowest BCUT2D eigenvalue weighted by Crippen LogP contribution is -2.26. The molecular formula is C8H12O5. The minimum Gasteiger partial charge on any atom is -0.481 e. The molecule has 74 valence electrons. The predicted molar refractivity (Wildman–Crippen MR) is 43.1 cm³/mol. The molecule has 1 unspecified atom stereocenters. The molecule has 5 heteroatoms. The number of aliphatic hydroxyl groups is 1. The SMILES string of the molecule is CC(=O)CC(=O)C(CCO)C(=O)O. The summed E-state index contributed by atoms with van der Waals surface area (Å²) >= 11 is 0. The largest absolute Gasteiger partial charge is 0.481 e. The van der Waals surface area contributed by atoms with Crippen LogP contribution in [0.5, 0.6) is 0 Å². The van der Waals surface area contributed by atoms with Crippen LogP contribution in [0.3, 0.4) is 0 Å². The van der Waals surface area contributed by atoms with Gasteiger partial charge in [0.05, 0.1) is 6.42 Å². The first-order valence-corrected chi connectivity index (χ1v) is 3.84. The third kappa shape index (κ3) is 4.37. The number of rotatable bonds is 6. The molecule has 0 bridgehead atoms. The Morgan fingerprint density at radius 2 is 1.85 bits per heavy atom. The van der Waals surface area contributed by atoms with Gasteiger partial charge in [-0.25, -0.2) is 0 Å². The highest BCUT2D eigenvalue weighted by molar-refractivity contribution is 6.06. The van der Waals surface area contributed by atoms with Gasteiger partial charge in [0.15, 0.2) is 5.78 Å². The molecular weight excluding hydrogens is 176 g/mol. The average Bonchev–Trinajstić information content (AvgIpc) is 1.97. The van der Waals surface area contributed by atoms with Crippen LogP contribution in [0.4, 0.5) is 0 Å². The second kappa shape index (κ2) is 5.42. The number of carbonyl (C=O) groups is 3. The van der Waals surface area contributed by atoms with Crippen LogP contribution < -0.4 is 0 Å². The van der Waals surface area contributed by atoms with Gasteiger partial charge in [0, 0.05) is 6.61 Å². The van der Waals surface area contributed by atoms with Gasteiger partial charge in [0.25, 0.3) is 0 Å². The Labute approximate surface area is 75.4 Å². The fraction of sp³-hybridized carbons (Fsp3) is 0.625. The van der Waals surface area contributed by atoms with Crippen LogP contribution in [0.25, 0.3) is 0 Å². The summed E-state index contributed by atoms with van der Waals surface area (Å²) in [6, 6.07) is 0. The number of aliphatic hydroxyl groups excluding tert-OH is 1. The molecule has 0 aromatic rings. The van der Waals surface area contributed by atoms with E-state index in [0.29, 0.717) is 0 Å². The van der Waals surface area contributed by atoms with Gasteiger partial charge in [0.1, 0.15) is 11.7 Å². The smallest absolute Gasteiger partial charge is 0.314 e. The summed E-state index contributed by atoms with van der Waals surface area (Å²) in [5.74, 6) is -3.56. The van der Waals surface area contributed by atoms with Crippen LogP contribution >= 0.6 is 0 Å². The van der Waals surface area contributed by atoms with E-state index in [2.05, 4.69) is 0 Å². The third-order valence-corrected chi connectivity index (χ3v) is 1.53. The van der Waals surface area contributed by atoms with Gasteiger partial charge >= 0.3 is 5.97 Å². The molecule has 5 nitrogen and oxygen atoms in total. The Morgan fingerprint density at radius 1 is 1.31 bits per heavy atom. The van der Waals surface area contributed by atoms with Crippen molar-refractivity contribution in [1.29, 1.82) is 0 Å². The first kappa shape index (κ1) is 11.8. The topological polar surface area (TPSA) is 91.7 Å². The van der Waals surface area contributed by atoms with Crippen molar-refractivity contribution in [2.45, 2.75) is 19.8 Å². The molecule has 1 atom stereocenters. The molecule has 0 heterocycles. The second-order valence-electron chi connectivity index (χ2n) is 2.75. The summed E-state index contributed by atoms with van der Waals surface area (Å²) < 4.78 is 0. The Kier molecular flexibility index (Phi) is 4.91. The van der Waals surface area contributed by atoms with Crippen molar-refractivity contribution in [1.82, 2.24) is 0 Å². The molecule has 0 aliphatic rings. The van der Waals surface area contributed by atoms with Crippen molar-refractivity contribution in [3.63, 3.8) is 0 Å². The molecule has 0 spiro atoms. The van der Waals surface area contributed by atoms with E-state index in [1.807, 2.05) is 0 Å². The highest BCUT2D eigenvalue weighted by Gasteiger charge is 2.25. The van der Waals surface area contributed by atoms with E-state index in [4.69, 9.17) is 10.2 Å². The maximum absolute atomic E-state index is 11.1. The Morgan fingerprint density at radius 3 is 2.15 bits per heavy atom. The van der Waals surface area contributed by atoms with Gasteiger partial charge in [-0.15, -0.1) is 0 Å². The molecule has 0 aliphatic heterocycles. The molecule has 0 aliphatic carbocycles. The lowest BCUT2D eigenvalue weighted by Gasteiger charge is -2.07. The van der Waals surface area contributed by atoms with Crippen molar-refractivity contribution in [3.05, 3.63) is 0 Å². The fourth-order valence-electron chi connectivity index (χ4n) is 0.920. The van der Waals surface area contributed by atoms with E-state index in [-0.39, 0.29) is 25.2 Å². The predicted octanol–water partition coefficient (Wildman–Crippen LogP) is -0.382. The minimum atomic E-state index is -1.29. The van der Waals surface area contributed by atoms with Gasteiger partial charge < -0.3 is 10.2 Å². The van der Waals surface area contributed by atoms with E-state index in [0.717, 1.165) is 0 Å². The molecule has 0 fully saturated rings. The second-order valence-corrected chi connectivity index (χ2v) is 2.75. The summed E-state index contributed by atoms with van der Waals surface area (Å²) in [6.07, 6.45) is -0.515. The lowest BCUT2D eigenvalue weighted by molar-refractivity contribution is -0.147. The molecule has 0 aromatic carbocycles. The van der Waals surface area contributed by atoms with Crippen LogP contribution in [0.15, 0.2) is 0 Å². The average molecular weight is 188 g/mol. The van der Waals surface area contributed by atoms with Gasteiger partial charge in [-0.2, -0.15) is 0 Å². The molecule has 0 aromatic heterocycles. The first-order chi connectivity index (χ1) is 5.99. The first-order valence-electron chi connectivity index (χ1n) is 3.84. The van der Waals surface area contributed by atoms with Gasteiger partial charge in [-0.1, -0.05) is 0 Å². The summed E-state index contributed by atoms with van der Waals surface area (Å²) in [5.41, 5.74) is 0. The Bertz CT molecular complexity index is 221. The number of carboxylic acid groups (broad SMARTS) is 1. The number of aliphatic carboxylic acids is 1. The van der Waals surface area contributed by atoms with Crippen LogP contribution in [-0.4, -0.2) is 34.4 Å². The number of ketones is 2. The summed E-state index contributed by atoms with van der Waals surface area (Å²) in [4.78, 5) is 32.1. The molecule has 0 radical (unpaired) electrons. The normalized spacial score (nSPS) is 12.2. The Hall–Kier alpha value is -1.23. The van der Waals surface area contributed by atoms with Gasteiger partial charge in [0.2, 0.25) is 0 Å². The number of hydrogen-bond donors (Lipinski definition) is 2. The maximum Gasteiger partial charge on any atom is 0.314 e. The zero-order chi connectivity index (χ0) is 10.4. The Balaban J connectivity index is 4.28. The minimum absolute atomic E-state index is 0.137. The molecule has 0 saturated carbocycles. The van der Waals surface area contributed by atoms with Crippen LogP contribution in [0, 0.1) is 5.92 Å². The van der Waals surface area contributed by atoms with Crippen molar-refractivity contribution in [2.24, 2.45) is 5.92 Å². The van der Waals surface area contributed by atoms with E-state index in [9.17, 15) is 14.4 Å². The quantitative estimate of drug-likeness (QED) is 0.554. The molecule has 0 rings (SSSR count).